The standard InChI is InChI=1S/C25H19BrFN3O3/c1-14-6-4-9-17(12-14)29-24(32)20-21(18-10-2-3-11-19(18)27)28-30(22(20)25(29)33)23(31)15-7-5-8-16(26)13-15/h2-13,20-22,28H,1H3/t20-,21-,22+/m1/s1. The molecule has 2 heterocycles. The Labute approximate surface area is 198 Å². The fourth-order valence-electron chi connectivity index (χ4n) is 4.54. The number of anilines is 1. The second-order valence-electron chi connectivity index (χ2n) is 8.14. The van der Waals surface area contributed by atoms with Gasteiger partial charge >= 0.3 is 0 Å². The molecular formula is C25H19BrFN3O3. The minimum absolute atomic E-state index is 0.226. The predicted molar refractivity (Wildman–Crippen MR) is 124 cm³/mol. The molecule has 0 spiro atoms. The summed E-state index contributed by atoms with van der Waals surface area (Å²) in [7, 11) is 0. The number of hydrazine groups is 1. The molecule has 3 aromatic rings. The third-order valence-electron chi connectivity index (χ3n) is 6.03. The van der Waals surface area contributed by atoms with Gasteiger partial charge in [0.1, 0.15) is 11.9 Å². The molecule has 3 aromatic carbocycles. The summed E-state index contributed by atoms with van der Waals surface area (Å²) < 4.78 is 15.4. The van der Waals surface area contributed by atoms with Crippen LogP contribution in [0.5, 0.6) is 0 Å². The number of amides is 3. The molecule has 8 heteroatoms. The predicted octanol–water partition coefficient (Wildman–Crippen LogP) is 4.16. The van der Waals surface area contributed by atoms with Crippen LogP contribution in [0.25, 0.3) is 0 Å². The van der Waals surface area contributed by atoms with Crippen molar-refractivity contribution in [3.05, 3.63) is 99.8 Å². The van der Waals surface area contributed by atoms with Gasteiger partial charge in [0.05, 0.1) is 17.6 Å². The van der Waals surface area contributed by atoms with Crippen molar-refractivity contribution in [3.63, 3.8) is 0 Å². The van der Waals surface area contributed by atoms with Gasteiger partial charge in [-0.05, 0) is 48.9 Å². The summed E-state index contributed by atoms with van der Waals surface area (Å²) in [6.07, 6.45) is 0. The number of hydrogen-bond acceptors (Lipinski definition) is 4. The lowest BCUT2D eigenvalue weighted by Gasteiger charge is -2.25. The van der Waals surface area contributed by atoms with Gasteiger partial charge in [0.2, 0.25) is 5.91 Å². The number of fused-ring (bicyclic) bond motifs is 1. The minimum atomic E-state index is -1.10. The molecule has 5 rings (SSSR count). The molecule has 33 heavy (non-hydrogen) atoms. The van der Waals surface area contributed by atoms with Crippen LogP contribution >= 0.6 is 15.9 Å². The van der Waals surface area contributed by atoms with Gasteiger partial charge in [-0.15, -0.1) is 0 Å². The summed E-state index contributed by atoms with van der Waals surface area (Å²) in [5.74, 6) is -2.95. The van der Waals surface area contributed by atoms with Crippen LogP contribution in [0.2, 0.25) is 0 Å². The summed E-state index contributed by atoms with van der Waals surface area (Å²) >= 11 is 3.35. The summed E-state index contributed by atoms with van der Waals surface area (Å²) in [5, 5.41) is 1.18. The highest BCUT2D eigenvalue weighted by Crippen LogP contribution is 2.43. The Kier molecular flexibility index (Phi) is 5.34. The maximum Gasteiger partial charge on any atom is 0.268 e. The number of nitrogens with one attached hydrogen (secondary N) is 1. The number of nitrogens with zero attached hydrogens (tertiary/aromatic N) is 2. The Morgan fingerprint density at radius 2 is 1.73 bits per heavy atom. The van der Waals surface area contributed by atoms with E-state index in [2.05, 4.69) is 21.4 Å². The average molecular weight is 508 g/mol. The number of benzene rings is 3. The number of aryl methyl sites for hydroxylation is 1. The van der Waals surface area contributed by atoms with Gasteiger partial charge in [0.15, 0.2) is 0 Å². The first-order chi connectivity index (χ1) is 15.9. The first-order valence-corrected chi connectivity index (χ1v) is 11.2. The Morgan fingerprint density at radius 1 is 0.970 bits per heavy atom. The molecule has 2 aliphatic heterocycles. The molecule has 6 nitrogen and oxygen atoms in total. The average Bonchev–Trinajstić information content (AvgIpc) is 3.30. The fraction of sp³-hybridized carbons (Fsp3) is 0.160. The van der Waals surface area contributed by atoms with Crippen LogP contribution in [-0.4, -0.2) is 28.8 Å². The van der Waals surface area contributed by atoms with Crippen molar-refractivity contribution >= 4 is 39.3 Å². The molecule has 0 bridgehead atoms. The lowest BCUT2D eigenvalue weighted by Crippen LogP contribution is -2.48. The molecule has 3 atom stereocenters. The van der Waals surface area contributed by atoms with Crippen molar-refractivity contribution in [1.82, 2.24) is 10.4 Å². The molecule has 3 amide bonds. The molecule has 0 aromatic heterocycles. The van der Waals surface area contributed by atoms with E-state index in [0.717, 1.165) is 10.5 Å². The van der Waals surface area contributed by atoms with E-state index in [1.54, 1.807) is 60.7 Å². The maximum atomic E-state index is 14.7. The zero-order chi connectivity index (χ0) is 23.3. The number of hydrogen-bond donors (Lipinski definition) is 1. The Hall–Kier alpha value is -3.36. The normalized spacial score (nSPS) is 22.1. The molecular weight excluding hydrogens is 489 g/mol. The summed E-state index contributed by atoms with van der Waals surface area (Å²) in [4.78, 5) is 41.6. The van der Waals surface area contributed by atoms with Crippen molar-refractivity contribution in [1.29, 1.82) is 0 Å². The van der Waals surface area contributed by atoms with Gasteiger partial charge in [-0.1, -0.05) is 52.3 Å². The molecule has 0 aliphatic carbocycles. The zero-order valence-electron chi connectivity index (χ0n) is 17.5. The Balaban J connectivity index is 1.61. The van der Waals surface area contributed by atoms with Crippen LogP contribution in [0.15, 0.2) is 77.3 Å². The van der Waals surface area contributed by atoms with E-state index in [9.17, 15) is 18.8 Å². The SMILES string of the molecule is Cc1cccc(N2C(=O)[C@@H]3[C@@H](c4ccccc4F)NN(C(=O)c4cccc(Br)c4)[C@@H]3C2=O)c1. The lowest BCUT2D eigenvalue weighted by atomic mass is 9.90. The maximum absolute atomic E-state index is 14.7. The molecule has 1 N–H and O–H groups in total. The number of rotatable bonds is 3. The number of carbonyl (C=O) groups is 3. The molecule has 0 radical (unpaired) electrons. The van der Waals surface area contributed by atoms with Crippen molar-refractivity contribution < 1.29 is 18.8 Å². The zero-order valence-corrected chi connectivity index (χ0v) is 19.1. The first-order valence-electron chi connectivity index (χ1n) is 10.4. The third-order valence-corrected chi connectivity index (χ3v) is 6.52. The monoisotopic (exact) mass is 507 g/mol. The molecule has 0 unspecified atom stereocenters. The smallest absolute Gasteiger partial charge is 0.268 e. The van der Waals surface area contributed by atoms with Gasteiger partial charge in [-0.3, -0.25) is 19.4 Å². The Bertz CT molecular complexity index is 1300. The molecule has 0 saturated carbocycles. The second kappa shape index (κ2) is 8.20. The molecule has 2 aliphatic rings. The summed E-state index contributed by atoms with van der Waals surface area (Å²) in [6.45, 7) is 1.86. The van der Waals surface area contributed by atoms with Gasteiger partial charge in [0.25, 0.3) is 11.8 Å². The van der Waals surface area contributed by atoms with Gasteiger partial charge in [0, 0.05) is 15.6 Å². The largest absolute Gasteiger partial charge is 0.274 e. The highest BCUT2D eigenvalue weighted by atomic mass is 79.9. The van der Waals surface area contributed by atoms with Crippen LogP contribution in [0.3, 0.4) is 0 Å². The van der Waals surface area contributed by atoms with E-state index < -0.39 is 41.5 Å². The molecule has 2 saturated heterocycles. The van der Waals surface area contributed by atoms with Crippen molar-refractivity contribution in [3.8, 4) is 0 Å². The summed E-state index contributed by atoms with van der Waals surface area (Å²) in [6, 6.07) is 17.9. The minimum Gasteiger partial charge on any atom is -0.274 e. The van der Waals surface area contributed by atoms with Gasteiger partial charge < -0.3 is 0 Å². The highest BCUT2D eigenvalue weighted by molar-refractivity contribution is 9.10. The topological polar surface area (TPSA) is 69.7 Å². The van der Waals surface area contributed by atoms with Crippen LogP contribution in [0.4, 0.5) is 10.1 Å². The second-order valence-corrected chi connectivity index (χ2v) is 9.05. The van der Waals surface area contributed by atoms with Crippen molar-refractivity contribution in [2.24, 2.45) is 5.92 Å². The van der Waals surface area contributed by atoms with Gasteiger partial charge in [-0.2, -0.15) is 0 Å². The van der Waals surface area contributed by atoms with E-state index >= 15 is 0 Å². The van der Waals surface area contributed by atoms with Crippen LogP contribution < -0.4 is 10.3 Å². The van der Waals surface area contributed by atoms with E-state index in [4.69, 9.17) is 0 Å². The number of halogens is 2. The van der Waals surface area contributed by atoms with Crippen LogP contribution in [-0.2, 0) is 9.59 Å². The molecule has 166 valence electrons. The van der Waals surface area contributed by atoms with Crippen molar-refractivity contribution in [2.45, 2.75) is 19.0 Å². The van der Waals surface area contributed by atoms with E-state index in [1.807, 2.05) is 13.0 Å². The third kappa shape index (κ3) is 3.55. The fourth-order valence-corrected chi connectivity index (χ4v) is 4.94. The van der Waals surface area contributed by atoms with Crippen LogP contribution in [0.1, 0.15) is 27.5 Å². The summed E-state index contributed by atoms with van der Waals surface area (Å²) in [5.41, 5.74) is 4.85. The quantitative estimate of drug-likeness (QED) is 0.540. The molecule has 2 fully saturated rings. The van der Waals surface area contributed by atoms with Crippen molar-refractivity contribution in [2.75, 3.05) is 4.90 Å². The number of imide groups is 1. The van der Waals surface area contributed by atoms with Gasteiger partial charge in [-0.25, -0.2) is 14.7 Å². The highest BCUT2D eigenvalue weighted by Gasteiger charge is 2.60. The Morgan fingerprint density at radius 3 is 2.45 bits per heavy atom. The first kappa shape index (κ1) is 21.5. The van der Waals surface area contributed by atoms with E-state index in [-0.39, 0.29) is 5.56 Å². The van der Waals surface area contributed by atoms with E-state index in [1.165, 1.54) is 11.1 Å². The number of carbonyl (C=O) groups excluding carboxylic acids is 3. The lowest BCUT2D eigenvalue weighted by molar-refractivity contribution is -0.123. The van der Waals surface area contributed by atoms with Crippen LogP contribution in [0, 0.1) is 18.7 Å². The van der Waals surface area contributed by atoms with E-state index in [0.29, 0.717) is 15.7 Å².